The standard InChI is InChI=1S/C14H15BrO.C14H16O/c1-8-6-11-9-4-2-3-5-10(9)13(15)7-12(11)14(8)16;1-9-8-13-11-5-3-2-4-10(11)6-7-12(13)14(9)15/h7-8H,2-6H2,1H3;6-7,9H,2-5,8H2,1H3. The molecule has 2 aromatic carbocycles. The quantitative estimate of drug-likeness (QED) is 0.424. The summed E-state index contributed by atoms with van der Waals surface area (Å²) in [5.74, 6) is 1.10. The lowest BCUT2D eigenvalue weighted by Crippen LogP contribution is -2.08. The number of aryl methyl sites for hydroxylation is 1. The molecule has 162 valence electrons. The van der Waals surface area contributed by atoms with E-state index < -0.39 is 0 Å². The maximum atomic E-state index is 12.0. The highest BCUT2D eigenvalue weighted by Gasteiger charge is 2.32. The van der Waals surface area contributed by atoms with Crippen molar-refractivity contribution in [2.75, 3.05) is 0 Å². The normalized spacial score (nSPS) is 23.5. The van der Waals surface area contributed by atoms with Crippen LogP contribution in [0.3, 0.4) is 0 Å². The number of Topliss-reactive ketones (excluding diaryl/α,β-unsaturated/α-hetero) is 2. The Kier molecular flexibility index (Phi) is 5.66. The third-order valence-corrected chi connectivity index (χ3v) is 8.52. The lowest BCUT2D eigenvalue weighted by Gasteiger charge is -2.20. The van der Waals surface area contributed by atoms with E-state index in [0.29, 0.717) is 11.6 Å². The highest BCUT2D eigenvalue weighted by atomic mass is 79.9. The Balaban J connectivity index is 0.000000132. The van der Waals surface area contributed by atoms with Crippen molar-refractivity contribution in [2.24, 2.45) is 11.8 Å². The maximum Gasteiger partial charge on any atom is 0.166 e. The molecule has 0 N–H and O–H groups in total. The highest BCUT2D eigenvalue weighted by molar-refractivity contribution is 9.10. The van der Waals surface area contributed by atoms with E-state index in [-0.39, 0.29) is 11.8 Å². The van der Waals surface area contributed by atoms with Crippen LogP contribution in [-0.2, 0) is 38.5 Å². The summed E-state index contributed by atoms with van der Waals surface area (Å²) in [4.78, 5) is 23.9. The first-order valence-corrected chi connectivity index (χ1v) is 12.8. The maximum absolute atomic E-state index is 12.0. The van der Waals surface area contributed by atoms with E-state index >= 15 is 0 Å². The van der Waals surface area contributed by atoms with Gasteiger partial charge in [-0.3, -0.25) is 9.59 Å². The molecule has 0 bridgehead atoms. The van der Waals surface area contributed by atoms with Gasteiger partial charge in [0.2, 0.25) is 0 Å². The van der Waals surface area contributed by atoms with Crippen LogP contribution in [0, 0.1) is 11.8 Å². The molecule has 2 unspecified atom stereocenters. The summed E-state index contributed by atoms with van der Waals surface area (Å²) < 4.78 is 1.16. The molecule has 0 aromatic heterocycles. The van der Waals surface area contributed by atoms with E-state index in [0.717, 1.165) is 34.9 Å². The third-order valence-electron chi connectivity index (χ3n) is 7.81. The zero-order chi connectivity index (χ0) is 21.7. The smallest absolute Gasteiger partial charge is 0.166 e. The lowest BCUT2D eigenvalue weighted by atomic mass is 9.86. The van der Waals surface area contributed by atoms with E-state index in [1.165, 1.54) is 78.3 Å². The van der Waals surface area contributed by atoms with Gasteiger partial charge in [-0.25, -0.2) is 0 Å². The van der Waals surface area contributed by atoms with E-state index in [1.54, 1.807) is 0 Å². The number of halogens is 1. The Morgan fingerprint density at radius 1 is 0.677 bits per heavy atom. The second kappa shape index (κ2) is 8.31. The average molecular weight is 479 g/mol. The molecule has 0 aliphatic heterocycles. The van der Waals surface area contributed by atoms with Gasteiger partial charge < -0.3 is 0 Å². The molecule has 6 rings (SSSR count). The van der Waals surface area contributed by atoms with Gasteiger partial charge in [0.15, 0.2) is 11.6 Å². The van der Waals surface area contributed by atoms with Crippen LogP contribution in [0.5, 0.6) is 0 Å². The number of carbonyl (C=O) groups excluding carboxylic acids is 2. The summed E-state index contributed by atoms with van der Waals surface area (Å²) in [7, 11) is 0. The van der Waals surface area contributed by atoms with Crippen LogP contribution in [0.1, 0.15) is 93.6 Å². The number of fused-ring (bicyclic) bond motifs is 6. The highest BCUT2D eigenvalue weighted by Crippen LogP contribution is 2.39. The zero-order valence-electron chi connectivity index (χ0n) is 18.7. The molecule has 2 atom stereocenters. The van der Waals surface area contributed by atoms with Gasteiger partial charge in [-0.15, -0.1) is 0 Å². The Morgan fingerprint density at radius 3 is 1.94 bits per heavy atom. The van der Waals surface area contributed by atoms with Crippen molar-refractivity contribution in [3.05, 3.63) is 67.2 Å². The van der Waals surface area contributed by atoms with Crippen molar-refractivity contribution in [2.45, 2.75) is 78.1 Å². The molecule has 0 saturated heterocycles. The molecule has 0 fully saturated rings. The Hall–Kier alpha value is -1.74. The van der Waals surface area contributed by atoms with Crippen molar-refractivity contribution in [3.8, 4) is 0 Å². The van der Waals surface area contributed by atoms with Gasteiger partial charge in [-0.05, 0) is 104 Å². The van der Waals surface area contributed by atoms with E-state index in [9.17, 15) is 9.59 Å². The molecular formula is C28H31BrO2. The van der Waals surface area contributed by atoms with Crippen LogP contribution in [-0.4, -0.2) is 11.6 Å². The van der Waals surface area contributed by atoms with Gasteiger partial charge in [-0.2, -0.15) is 0 Å². The lowest BCUT2D eigenvalue weighted by molar-refractivity contribution is 0.0939. The van der Waals surface area contributed by atoms with Gasteiger partial charge in [0.1, 0.15) is 0 Å². The minimum atomic E-state index is 0.190. The Bertz CT molecular complexity index is 1080. The van der Waals surface area contributed by atoms with Gasteiger partial charge in [0, 0.05) is 27.4 Å². The van der Waals surface area contributed by atoms with Gasteiger partial charge >= 0.3 is 0 Å². The second-order valence-corrected chi connectivity index (χ2v) is 10.8. The molecule has 0 saturated carbocycles. The zero-order valence-corrected chi connectivity index (χ0v) is 20.2. The molecule has 4 aliphatic rings. The summed E-state index contributed by atoms with van der Waals surface area (Å²) in [6.07, 6.45) is 11.9. The van der Waals surface area contributed by atoms with Gasteiger partial charge in [-0.1, -0.05) is 41.9 Å². The van der Waals surface area contributed by atoms with Gasteiger partial charge in [0.05, 0.1) is 0 Å². The first-order valence-electron chi connectivity index (χ1n) is 12.0. The van der Waals surface area contributed by atoms with Crippen LogP contribution < -0.4 is 0 Å². The fraction of sp³-hybridized carbons (Fsp3) is 0.500. The topological polar surface area (TPSA) is 34.1 Å². The summed E-state index contributed by atoms with van der Waals surface area (Å²) in [5, 5.41) is 0. The summed E-state index contributed by atoms with van der Waals surface area (Å²) >= 11 is 3.63. The number of hydrogen-bond donors (Lipinski definition) is 0. The Labute approximate surface area is 194 Å². The van der Waals surface area contributed by atoms with Gasteiger partial charge in [0.25, 0.3) is 0 Å². The molecule has 4 aliphatic carbocycles. The SMILES string of the molecule is CC1Cc2c(cc(Br)c3c2CCCC3)C1=O.CC1Cc2c(ccc3c2CCCC3)C1=O. The van der Waals surface area contributed by atoms with Crippen LogP contribution in [0.25, 0.3) is 0 Å². The van der Waals surface area contributed by atoms with Crippen LogP contribution in [0.2, 0.25) is 0 Å². The summed E-state index contributed by atoms with van der Waals surface area (Å²) in [6, 6.07) is 6.31. The first-order chi connectivity index (χ1) is 15.0. The number of carbonyl (C=O) groups is 2. The predicted octanol–water partition coefficient (Wildman–Crippen LogP) is 6.64. The molecule has 0 heterocycles. The molecule has 0 amide bonds. The van der Waals surface area contributed by atoms with Crippen LogP contribution in [0.15, 0.2) is 22.7 Å². The monoisotopic (exact) mass is 478 g/mol. The molecular weight excluding hydrogens is 448 g/mol. The Morgan fingerprint density at radius 2 is 1.23 bits per heavy atom. The van der Waals surface area contributed by atoms with E-state index in [1.807, 2.05) is 6.92 Å². The second-order valence-electron chi connectivity index (χ2n) is 9.92. The fourth-order valence-corrected chi connectivity index (χ4v) is 6.78. The summed E-state index contributed by atoms with van der Waals surface area (Å²) in [5.41, 5.74) is 10.7. The van der Waals surface area contributed by atoms with Crippen molar-refractivity contribution in [1.29, 1.82) is 0 Å². The van der Waals surface area contributed by atoms with Crippen LogP contribution in [0.4, 0.5) is 0 Å². The molecule has 2 aromatic rings. The molecule has 2 nitrogen and oxygen atoms in total. The van der Waals surface area contributed by atoms with Crippen LogP contribution >= 0.6 is 15.9 Å². The summed E-state index contributed by atoms with van der Waals surface area (Å²) in [6.45, 7) is 4.10. The van der Waals surface area contributed by atoms with E-state index in [2.05, 4.69) is 41.1 Å². The van der Waals surface area contributed by atoms with E-state index in [4.69, 9.17) is 0 Å². The minimum absolute atomic E-state index is 0.190. The van der Waals surface area contributed by atoms with Crippen molar-refractivity contribution >= 4 is 27.5 Å². The first kappa shape index (κ1) is 21.1. The largest absolute Gasteiger partial charge is 0.294 e. The van der Waals surface area contributed by atoms with Crippen molar-refractivity contribution in [1.82, 2.24) is 0 Å². The fourth-order valence-electron chi connectivity index (χ4n) is 6.12. The molecule has 3 heteroatoms. The number of hydrogen-bond acceptors (Lipinski definition) is 2. The third kappa shape index (κ3) is 3.63. The van der Waals surface area contributed by atoms with Crippen molar-refractivity contribution < 1.29 is 9.59 Å². The number of rotatable bonds is 0. The molecule has 0 radical (unpaired) electrons. The molecule has 31 heavy (non-hydrogen) atoms. The average Bonchev–Trinajstić information content (AvgIpc) is 3.25. The molecule has 0 spiro atoms. The van der Waals surface area contributed by atoms with Crippen molar-refractivity contribution in [3.63, 3.8) is 0 Å². The minimum Gasteiger partial charge on any atom is -0.294 e. The number of benzene rings is 2. The number of ketones is 2. The predicted molar refractivity (Wildman–Crippen MR) is 128 cm³/mol.